The molecule has 1 aromatic carbocycles. The first-order chi connectivity index (χ1) is 14.0. The monoisotopic (exact) mass is 426 g/mol. The molecular formula is C19H31ClN6O3. The molecule has 10 heteroatoms. The Labute approximate surface area is 176 Å². The van der Waals surface area contributed by atoms with Crippen molar-refractivity contribution in [2.24, 2.45) is 27.3 Å². The van der Waals surface area contributed by atoms with Crippen LogP contribution >= 0.6 is 11.6 Å². The molecule has 0 spiro atoms. The molecule has 1 amide bonds. The number of nitrogens with two attached hydrogens (primary N) is 3. The number of carbonyl (C=O) groups excluding carboxylic acids is 1. The molecule has 0 aliphatic heterocycles. The molecule has 0 saturated heterocycles. The van der Waals surface area contributed by atoms with Gasteiger partial charge in [0.15, 0.2) is 5.96 Å². The highest BCUT2D eigenvalue weighted by Gasteiger charge is 2.14. The summed E-state index contributed by atoms with van der Waals surface area (Å²) >= 11 is 6.21. The fraction of sp³-hybridized carbons (Fsp3) is 0.526. The van der Waals surface area contributed by atoms with Crippen molar-refractivity contribution in [3.63, 3.8) is 0 Å². The van der Waals surface area contributed by atoms with E-state index in [1.54, 1.807) is 18.2 Å². The van der Waals surface area contributed by atoms with Gasteiger partial charge in [-0.25, -0.2) is 0 Å². The van der Waals surface area contributed by atoms with Crippen LogP contribution in [-0.2, 0) is 11.2 Å². The Bertz CT molecular complexity index is 693. The molecule has 0 radical (unpaired) electrons. The molecule has 8 N–H and O–H groups in total. The zero-order valence-corrected chi connectivity index (χ0v) is 17.3. The highest BCUT2D eigenvalue weighted by Crippen LogP contribution is 2.26. The van der Waals surface area contributed by atoms with E-state index in [1.165, 1.54) is 0 Å². The van der Waals surface area contributed by atoms with Gasteiger partial charge in [-0.15, -0.1) is 0 Å². The second kappa shape index (κ2) is 14.5. The molecule has 0 heterocycles. The Morgan fingerprint density at radius 3 is 2.59 bits per heavy atom. The van der Waals surface area contributed by atoms with Crippen LogP contribution in [0.25, 0.3) is 0 Å². The lowest BCUT2D eigenvalue weighted by Crippen LogP contribution is -2.33. The molecule has 0 fully saturated rings. The van der Waals surface area contributed by atoms with Crippen molar-refractivity contribution in [2.75, 3.05) is 26.2 Å². The third-order valence-corrected chi connectivity index (χ3v) is 4.32. The lowest BCUT2D eigenvalue weighted by Gasteiger charge is -2.10. The van der Waals surface area contributed by atoms with Gasteiger partial charge in [0.1, 0.15) is 11.5 Å². The molecule has 0 atom stereocenters. The van der Waals surface area contributed by atoms with Crippen LogP contribution in [0, 0.1) is 0 Å². The molecule has 0 aliphatic rings. The van der Waals surface area contributed by atoms with E-state index in [-0.39, 0.29) is 18.1 Å². The van der Waals surface area contributed by atoms with Crippen molar-refractivity contribution < 1.29 is 14.7 Å². The van der Waals surface area contributed by atoms with Crippen molar-refractivity contribution in [2.45, 2.75) is 38.5 Å². The number of ether oxygens (including phenoxy) is 1. The predicted molar refractivity (Wildman–Crippen MR) is 116 cm³/mol. The summed E-state index contributed by atoms with van der Waals surface area (Å²) in [7, 11) is 0. The van der Waals surface area contributed by atoms with Gasteiger partial charge < -0.3 is 32.5 Å². The number of hydrogen-bond donors (Lipinski definition) is 5. The number of rotatable bonds is 14. The molecule has 0 unspecified atom stereocenters. The maximum absolute atomic E-state index is 12.2. The van der Waals surface area contributed by atoms with Crippen molar-refractivity contribution in [3.8, 4) is 5.75 Å². The lowest BCUT2D eigenvalue weighted by atomic mass is 10.1. The fourth-order valence-electron chi connectivity index (χ4n) is 2.49. The largest absolute Gasteiger partial charge is 0.492 e. The number of hydrogen-bond acceptors (Lipinski definition) is 6. The molecule has 0 aliphatic carbocycles. The molecule has 1 rings (SSSR count). The molecule has 1 aromatic rings. The van der Waals surface area contributed by atoms with Crippen LogP contribution in [0.5, 0.6) is 5.75 Å². The van der Waals surface area contributed by atoms with E-state index in [1.807, 2.05) is 0 Å². The van der Waals surface area contributed by atoms with E-state index in [2.05, 4.69) is 15.5 Å². The first-order valence-corrected chi connectivity index (χ1v) is 10.0. The topological polar surface area (TPSA) is 161 Å². The number of nitrogens with one attached hydrogen (secondary N) is 1. The van der Waals surface area contributed by atoms with Gasteiger partial charge >= 0.3 is 0 Å². The number of guanidine groups is 1. The van der Waals surface area contributed by atoms with Crippen LogP contribution in [0.15, 0.2) is 28.3 Å². The van der Waals surface area contributed by atoms with Gasteiger partial charge in [0.05, 0.1) is 11.6 Å². The minimum Gasteiger partial charge on any atom is -0.492 e. The molecular weight excluding hydrogens is 396 g/mol. The van der Waals surface area contributed by atoms with Crippen molar-refractivity contribution in [3.05, 3.63) is 28.8 Å². The van der Waals surface area contributed by atoms with Crippen LogP contribution in [0.1, 0.15) is 37.7 Å². The van der Waals surface area contributed by atoms with Crippen molar-refractivity contribution in [1.29, 1.82) is 0 Å². The summed E-state index contributed by atoms with van der Waals surface area (Å²) in [4.78, 5) is 16.1. The Morgan fingerprint density at radius 1 is 1.17 bits per heavy atom. The van der Waals surface area contributed by atoms with Gasteiger partial charge in [-0.05, 0) is 43.5 Å². The fourth-order valence-corrected chi connectivity index (χ4v) is 2.75. The minimum atomic E-state index is -0.410. The maximum atomic E-state index is 12.2. The number of halogens is 1. The van der Waals surface area contributed by atoms with E-state index in [9.17, 15) is 10.0 Å². The molecule has 162 valence electrons. The molecule has 0 saturated carbocycles. The van der Waals surface area contributed by atoms with Gasteiger partial charge in [-0.1, -0.05) is 35.7 Å². The van der Waals surface area contributed by atoms with Crippen molar-refractivity contribution in [1.82, 2.24) is 5.32 Å². The number of aliphatic imine (C=N–C) groups is 1. The number of amides is 1. The summed E-state index contributed by atoms with van der Waals surface area (Å²) in [5, 5.41) is 15.5. The average Bonchev–Trinajstić information content (AvgIpc) is 2.69. The minimum absolute atomic E-state index is 0.0191. The first kappa shape index (κ1) is 24.5. The highest BCUT2D eigenvalue weighted by molar-refractivity contribution is 6.39. The van der Waals surface area contributed by atoms with Crippen LogP contribution < -0.4 is 27.3 Å². The second-order valence-electron chi connectivity index (χ2n) is 6.46. The standard InChI is InChI=1S/C19H31ClN6O3/c20-15-12-14(6-7-17(15)29-11-5-8-21)13-16(26-28)18(27)24-9-3-1-2-4-10-25-19(22)23/h6-7,12,28H,1-5,8-11,13,21H2,(H,24,27)(H4,22,23,25)/b26-16+. The summed E-state index contributed by atoms with van der Waals surface area (Å²) in [6.45, 7) is 2.12. The Kier molecular flexibility index (Phi) is 12.2. The van der Waals surface area contributed by atoms with E-state index >= 15 is 0 Å². The van der Waals surface area contributed by atoms with E-state index in [4.69, 9.17) is 33.5 Å². The summed E-state index contributed by atoms with van der Waals surface area (Å²) in [6, 6.07) is 5.19. The molecule has 0 bridgehead atoms. The number of nitrogens with zero attached hydrogens (tertiary/aromatic N) is 2. The van der Waals surface area contributed by atoms with E-state index in [0.717, 1.165) is 37.7 Å². The summed E-state index contributed by atoms with van der Waals surface area (Å²) in [6.07, 6.45) is 4.49. The number of oxime groups is 1. The summed E-state index contributed by atoms with van der Waals surface area (Å²) in [5.41, 5.74) is 16.7. The number of unbranched alkanes of at least 4 members (excludes halogenated alkanes) is 3. The quantitative estimate of drug-likeness (QED) is 0.0992. The van der Waals surface area contributed by atoms with Gasteiger partial charge in [0.2, 0.25) is 0 Å². The molecule has 29 heavy (non-hydrogen) atoms. The van der Waals surface area contributed by atoms with Crippen molar-refractivity contribution >= 4 is 29.2 Å². The van der Waals surface area contributed by atoms with Crippen LogP contribution in [0.3, 0.4) is 0 Å². The van der Waals surface area contributed by atoms with Crippen LogP contribution in [0.2, 0.25) is 5.02 Å². The predicted octanol–water partition coefficient (Wildman–Crippen LogP) is 1.39. The zero-order valence-electron chi connectivity index (χ0n) is 16.6. The van der Waals surface area contributed by atoms with Crippen LogP contribution in [0.4, 0.5) is 0 Å². The second-order valence-corrected chi connectivity index (χ2v) is 6.86. The maximum Gasteiger partial charge on any atom is 0.269 e. The lowest BCUT2D eigenvalue weighted by molar-refractivity contribution is -0.115. The SMILES string of the molecule is NCCCOc1ccc(C/C(=N\O)C(=O)NCCCCCCN=C(N)N)cc1Cl. The van der Waals surface area contributed by atoms with Gasteiger partial charge in [0.25, 0.3) is 5.91 Å². The number of carbonyl (C=O) groups is 1. The van der Waals surface area contributed by atoms with E-state index < -0.39 is 5.91 Å². The van der Waals surface area contributed by atoms with E-state index in [0.29, 0.717) is 37.0 Å². The molecule has 9 nitrogen and oxygen atoms in total. The smallest absolute Gasteiger partial charge is 0.269 e. The van der Waals surface area contributed by atoms with Crippen LogP contribution in [-0.4, -0.2) is 49.0 Å². The molecule has 0 aromatic heterocycles. The zero-order chi connectivity index (χ0) is 21.5. The third-order valence-electron chi connectivity index (χ3n) is 4.02. The summed E-state index contributed by atoms with van der Waals surface area (Å²) in [5.74, 6) is 0.242. The first-order valence-electron chi connectivity index (χ1n) is 9.63. The van der Waals surface area contributed by atoms with Gasteiger partial charge in [-0.3, -0.25) is 9.79 Å². The number of benzene rings is 1. The normalized spacial score (nSPS) is 11.2. The Balaban J connectivity index is 2.38. The highest BCUT2D eigenvalue weighted by atomic mass is 35.5. The summed E-state index contributed by atoms with van der Waals surface area (Å²) < 4.78 is 5.53. The third kappa shape index (κ3) is 10.6. The Morgan fingerprint density at radius 2 is 1.93 bits per heavy atom. The Hall–Kier alpha value is -2.52. The van der Waals surface area contributed by atoms with Gasteiger partial charge in [0, 0.05) is 19.5 Å². The average molecular weight is 427 g/mol. The van der Waals surface area contributed by atoms with Gasteiger partial charge in [-0.2, -0.15) is 0 Å².